The average molecular weight is 298 g/mol. The highest BCUT2D eigenvalue weighted by molar-refractivity contribution is 8.09. The van der Waals surface area contributed by atoms with E-state index in [2.05, 4.69) is 0 Å². The first kappa shape index (κ1) is 14.3. The molecule has 0 atom stereocenters. The van der Waals surface area contributed by atoms with Crippen LogP contribution < -0.4 is 3.71 Å². The molecule has 0 aliphatic heterocycles. The second-order valence-corrected chi connectivity index (χ2v) is 7.90. The van der Waals surface area contributed by atoms with Gasteiger partial charge in [-0.15, -0.1) is 0 Å². The highest BCUT2D eigenvalue weighted by atomic mass is 35.5. The number of aryl methyl sites for hydroxylation is 1. The number of sulfonamides is 2. The second-order valence-electron chi connectivity index (χ2n) is 3.63. The van der Waals surface area contributed by atoms with Crippen LogP contribution in [0.2, 0.25) is 5.02 Å². The Morgan fingerprint density at radius 3 is 1.94 bits per heavy atom. The summed E-state index contributed by atoms with van der Waals surface area (Å²) in [5.41, 5.74) is 0.540. The van der Waals surface area contributed by atoms with Crippen LogP contribution >= 0.6 is 11.6 Å². The third kappa shape index (κ3) is 3.11. The maximum atomic E-state index is 11.5. The summed E-state index contributed by atoms with van der Waals surface area (Å²) < 4.78 is 46.4. The van der Waals surface area contributed by atoms with Gasteiger partial charge in [0.15, 0.2) is 0 Å². The zero-order valence-electron chi connectivity index (χ0n) is 9.51. The summed E-state index contributed by atoms with van der Waals surface area (Å²) in [6.45, 7) is 1.66. The quantitative estimate of drug-likeness (QED) is 0.845. The molecule has 0 unspecified atom stereocenters. The van der Waals surface area contributed by atoms with Gasteiger partial charge < -0.3 is 0 Å². The first-order valence-electron chi connectivity index (χ1n) is 4.50. The summed E-state index contributed by atoms with van der Waals surface area (Å²) in [6.07, 6.45) is 1.62. The number of rotatable bonds is 3. The van der Waals surface area contributed by atoms with E-state index in [9.17, 15) is 16.8 Å². The van der Waals surface area contributed by atoms with Crippen LogP contribution in [0.5, 0.6) is 0 Å². The minimum Gasteiger partial charge on any atom is -0.206 e. The van der Waals surface area contributed by atoms with Gasteiger partial charge >= 0.3 is 0 Å². The number of anilines is 1. The van der Waals surface area contributed by atoms with E-state index in [-0.39, 0.29) is 10.7 Å². The number of hydrogen-bond donors (Lipinski definition) is 0. The second kappa shape index (κ2) is 4.47. The monoisotopic (exact) mass is 297 g/mol. The predicted molar refractivity (Wildman–Crippen MR) is 68.4 cm³/mol. The van der Waals surface area contributed by atoms with E-state index < -0.39 is 20.0 Å². The van der Waals surface area contributed by atoms with Gasteiger partial charge in [0.05, 0.1) is 23.2 Å². The van der Waals surface area contributed by atoms with E-state index in [1.165, 1.54) is 6.07 Å². The number of halogens is 1. The van der Waals surface area contributed by atoms with Gasteiger partial charge in [-0.3, -0.25) is 0 Å². The van der Waals surface area contributed by atoms with Crippen LogP contribution in [0.3, 0.4) is 0 Å². The van der Waals surface area contributed by atoms with Crippen LogP contribution in [0.4, 0.5) is 5.69 Å². The molecule has 0 spiro atoms. The standard InChI is InChI=1S/C9H12ClNO4S2/c1-7-5-4-6-8(9(7)10)11(16(2,12)13)17(3,14)15/h4-6H,1-3H3. The summed E-state index contributed by atoms with van der Waals surface area (Å²) >= 11 is 5.93. The lowest BCUT2D eigenvalue weighted by Gasteiger charge is -2.21. The van der Waals surface area contributed by atoms with Crippen molar-refractivity contribution in [3.63, 3.8) is 0 Å². The van der Waals surface area contributed by atoms with Crippen LogP contribution in [0.25, 0.3) is 0 Å². The molecule has 1 aromatic rings. The van der Waals surface area contributed by atoms with Gasteiger partial charge in [-0.25, -0.2) is 16.8 Å². The van der Waals surface area contributed by atoms with Crippen LogP contribution in [0.15, 0.2) is 18.2 Å². The Morgan fingerprint density at radius 2 is 1.53 bits per heavy atom. The highest BCUT2D eigenvalue weighted by Crippen LogP contribution is 2.31. The summed E-state index contributed by atoms with van der Waals surface area (Å²) in [7, 11) is -7.91. The first-order chi connectivity index (χ1) is 7.55. The van der Waals surface area contributed by atoms with Gasteiger partial charge in [0.25, 0.3) is 0 Å². The smallest absolute Gasteiger partial charge is 0.206 e. The molecule has 0 amide bonds. The molecular weight excluding hydrogens is 286 g/mol. The van der Waals surface area contributed by atoms with E-state index in [1.54, 1.807) is 19.1 Å². The van der Waals surface area contributed by atoms with E-state index in [0.717, 1.165) is 12.5 Å². The molecule has 0 aliphatic carbocycles. The van der Waals surface area contributed by atoms with E-state index in [4.69, 9.17) is 11.6 Å². The Morgan fingerprint density at radius 1 is 1.06 bits per heavy atom. The average Bonchev–Trinajstić information content (AvgIpc) is 2.08. The van der Waals surface area contributed by atoms with Crippen molar-refractivity contribution < 1.29 is 16.8 Å². The minimum atomic E-state index is -3.95. The molecule has 0 radical (unpaired) electrons. The fourth-order valence-corrected chi connectivity index (χ4v) is 4.67. The Bertz CT molecular complexity index is 605. The molecule has 1 rings (SSSR count). The molecule has 0 aromatic heterocycles. The van der Waals surface area contributed by atoms with Crippen molar-refractivity contribution in [2.24, 2.45) is 0 Å². The maximum Gasteiger partial charge on any atom is 0.245 e. The van der Waals surface area contributed by atoms with Crippen molar-refractivity contribution in [3.05, 3.63) is 28.8 Å². The third-order valence-electron chi connectivity index (χ3n) is 1.97. The van der Waals surface area contributed by atoms with Gasteiger partial charge in [0.2, 0.25) is 20.0 Å². The van der Waals surface area contributed by atoms with Crippen molar-refractivity contribution in [2.75, 3.05) is 16.2 Å². The van der Waals surface area contributed by atoms with E-state index in [0.29, 0.717) is 9.27 Å². The molecule has 0 heterocycles. The Labute approximate surface area is 106 Å². The molecule has 0 aliphatic rings. The fraction of sp³-hybridized carbons (Fsp3) is 0.333. The Kier molecular flexibility index (Phi) is 3.75. The summed E-state index contributed by atoms with van der Waals surface area (Å²) in [5.74, 6) is 0. The Balaban J connectivity index is 3.62. The summed E-state index contributed by atoms with van der Waals surface area (Å²) in [5, 5.41) is 0.100. The molecule has 8 heteroatoms. The normalized spacial score (nSPS) is 12.5. The molecule has 1 aromatic carbocycles. The van der Waals surface area contributed by atoms with E-state index >= 15 is 0 Å². The zero-order chi connectivity index (χ0) is 13.4. The third-order valence-corrected chi connectivity index (χ3v) is 5.69. The molecule has 0 N–H and O–H groups in total. The van der Waals surface area contributed by atoms with Gasteiger partial charge in [-0.1, -0.05) is 23.7 Å². The molecule has 17 heavy (non-hydrogen) atoms. The maximum absolute atomic E-state index is 11.5. The molecule has 5 nitrogen and oxygen atoms in total. The van der Waals surface area contributed by atoms with Crippen LogP contribution in [-0.2, 0) is 20.0 Å². The lowest BCUT2D eigenvalue weighted by molar-refractivity contribution is 0.590. The van der Waals surface area contributed by atoms with Crippen molar-refractivity contribution in [2.45, 2.75) is 6.92 Å². The SMILES string of the molecule is Cc1cccc(N(S(C)(=O)=O)S(C)(=O)=O)c1Cl. The minimum absolute atomic E-state index is 0.0586. The van der Waals surface area contributed by atoms with Crippen molar-refractivity contribution in [1.82, 2.24) is 0 Å². The van der Waals surface area contributed by atoms with Crippen molar-refractivity contribution in [1.29, 1.82) is 0 Å². The molecule has 0 saturated heterocycles. The molecule has 0 saturated carbocycles. The summed E-state index contributed by atoms with van der Waals surface area (Å²) in [6, 6.07) is 4.55. The van der Waals surface area contributed by atoms with Crippen molar-refractivity contribution in [3.8, 4) is 0 Å². The van der Waals surface area contributed by atoms with Gasteiger partial charge in [-0.2, -0.15) is 3.71 Å². The van der Waals surface area contributed by atoms with Crippen molar-refractivity contribution >= 4 is 37.3 Å². The van der Waals surface area contributed by atoms with Crippen LogP contribution in [0.1, 0.15) is 5.56 Å². The number of nitrogens with zero attached hydrogens (tertiary/aromatic N) is 1. The highest BCUT2D eigenvalue weighted by Gasteiger charge is 2.29. The molecule has 0 fully saturated rings. The predicted octanol–water partition coefficient (Wildman–Crippen LogP) is 1.37. The largest absolute Gasteiger partial charge is 0.245 e. The lowest BCUT2D eigenvalue weighted by Crippen LogP contribution is -2.35. The van der Waals surface area contributed by atoms with Gasteiger partial charge in [-0.05, 0) is 18.6 Å². The molecular formula is C9H12ClNO4S2. The van der Waals surface area contributed by atoms with Gasteiger partial charge in [0.1, 0.15) is 0 Å². The summed E-state index contributed by atoms with van der Waals surface area (Å²) in [4.78, 5) is 0. The van der Waals surface area contributed by atoms with Crippen LogP contribution in [0, 0.1) is 6.92 Å². The molecule has 0 bridgehead atoms. The van der Waals surface area contributed by atoms with E-state index in [1.807, 2.05) is 0 Å². The Hall–Kier alpha value is -0.790. The first-order valence-corrected chi connectivity index (χ1v) is 8.58. The molecule has 96 valence electrons. The number of hydrogen-bond acceptors (Lipinski definition) is 4. The van der Waals surface area contributed by atoms with Crippen LogP contribution in [-0.4, -0.2) is 29.3 Å². The van der Waals surface area contributed by atoms with Gasteiger partial charge in [0, 0.05) is 0 Å². The topological polar surface area (TPSA) is 71.5 Å². The number of benzene rings is 1. The zero-order valence-corrected chi connectivity index (χ0v) is 11.9. The lowest BCUT2D eigenvalue weighted by atomic mass is 10.2. The fourth-order valence-electron chi connectivity index (χ4n) is 1.38.